The number of nitrogens with one attached hydrogen (secondary N) is 3. The van der Waals surface area contributed by atoms with Crippen LogP contribution in [0.25, 0.3) is 32.6 Å². The summed E-state index contributed by atoms with van der Waals surface area (Å²) in [5.74, 6) is 0.600. The van der Waals surface area contributed by atoms with E-state index in [0.717, 1.165) is 66.1 Å². The lowest BCUT2D eigenvalue weighted by molar-refractivity contribution is 0.0905. The molecule has 2 aliphatic rings. The Hall–Kier alpha value is -2.88. The van der Waals surface area contributed by atoms with E-state index in [4.69, 9.17) is 9.72 Å². The third-order valence-electron chi connectivity index (χ3n) is 7.61. The van der Waals surface area contributed by atoms with Crippen LogP contribution in [-0.4, -0.2) is 71.3 Å². The number of H-pyrrole nitrogens is 2. The smallest absolute Gasteiger partial charge is 0.261 e. The van der Waals surface area contributed by atoms with Crippen molar-refractivity contribution in [1.29, 1.82) is 0 Å². The molecule has 2 fully saturated rings. The van der Waals surface area contributed by atoms with E-state index >= 15 is 0 Å². The summed E-state index contributed by atoms with van der Waals surface area (Å²) in [6.07, 6.45) is 1.84. The van der Waals surface area contributed by atoms with Crippen molar-refractivity contribution in [1.82, 2.24) is 19.9 Å². The number of aromatic nitrogens is 3. The van der Waals surface area contributed by atoms with Gasteiger partial charge in [0.15, 0.2) is 0 Å². The molecule has 0 bridgehead atoms. The average Bonchev–Trinajstić information content (AvgIpc) is 3.49. The van der Waals surface area contributed by atoms with Crippen molar-refractivity contribution in [3.63, 3.8) is 0 Å². The summed E-state index contributed by atoms with van der Waals surface area (Å²) in [6.45, 7) is 7.99. The van der Waals surface area contributed by atoms with Gasteiger partial charge in [0.1, 0.15) is 11.4 Å². The monoisotopic (exact) mass is 492 g/mol. The van der Waals surface area contributed by atoms with Crippen LogP contribution in [0.3, 0.4) is 0 Å². The second kappa shape index (κ2) is 8.96. The van der Waals surface area contributed by atoms with Gasteiger partial charge in [0.25, 0.3) is 5.56 Å². The Morgan fingerprint density at radius 2 is 1.86 bits per heavy atom. The molecule has 8 nitrogen and oxygen atoms in total. The maximum Gasteiger partial charge on any atom is 0.261 e. The van der Waals surface area contributed by atoms with Crippen LogP contribution in [0.15, 0.2) is 34.4 Å². The van der Waals surface area contributed by atoms with Crippen molar-refractivity contribution in [2.24, 2.45) is 0 Å². The van der Waals surface area contributed by atoms with E-state index in [1.54, 1.807) is 11.3 Å². The molecule has 0 unspecified atom stereocenters. The van der Waals surface area contributed by atoms with Crippen molar-refractivity contribution < 1.29 is 4.74 Å². The summed E-state index contributed by atoms with van der Waals surface area (Å²) in [7, 11) is 2.20. The minimum Gasteiger partial charge on any atom is -0.381 e. The number of benzene rings is 1. The fourth-order valence-corrected chi connectivity index (χ4v) is 6.22. The van der Waals surface area contributed by atoms with Gasteiger partial charge >= 0.3 is 0 Å². The summed E-state index contributed by atoms with van der Waals surface area (Å²) in [5.41, 5.74) is 5.16. The van der Waals surface area contributed by atoms with Crippen LogP contribution in [0.1, 0.15) is 26.7 Å². The molecule has 3 N–H and O–H groups in total. The van der Waals surface area contributed by atoms with Gasteiger partial charge in [-0.25, -0.2) is 4.98 Å². The van der Waals surface area contributed by atoms with Gasteiger partial charge in [-0.05, 0) is 63.4 Å². The molecule has 0 spiro atoms. The van der Waals surface area contributed by atoms with Crippen LogP contribution in [0.2, 0.25) is 0 Å². The second-order valence-corrected chi connectivity index (χ2v) is 10.9. The van der Waals surface area contributed by atoms with E-state index in [-0.39, 0.29) is 11.6 Å². The second-order valence-electron chi connectivity index (χ2n) is 9.95. The normalized spacial score (nSPS) is 22.3. The molecule has 4 aromatic rings. The first-order valence-electron chi connectivity index (χ1n) is 12.4. The van der Waals surface area contributed by atoms with Crippen LogP contribution in [-0.2, 0) is 4.74 Å². The van der Waals surface area contributed by atoms with Crippen molar-refractivity contribution in [2.45, 2.75) is 44.8 Å². The molecule has 2 aliphatic heterocycles. The van der Waals surface area contributed by atoms with Gasteiger partial charge in [-0.15, -0.1) is 11.3 Å². The number of thiophene rings is 1. The maximum atomic E-state index is 13.3. The molecule has 0 saturated carbocycles. The van der Waals surface area contributed by atoms with Crippen molar-refractivity contribution in [3.8, 4) is 11.4 Å². The Morgan fingerprint density at radius 1 is 1.09 bits per heavy atom. The van der Waals surface area contributed by atoms with E-state index in [1.807, 2.05) is 11.4 Å². The number of hydrogen-bond donors (Lipinski definition) is 3. The number of hydrogen-bond acceptors (Lipinski definition) is 7. The predicted octanol–water partition coefficient (Wildman–Crippen LogP) is 4.25. The molecule has 35 heavy (non-hydrogen) atoms. The Balaban J connectivity index is 1.40. The highest BCUT2D eigenvalue weighted by molar-refractivity contribution is 7.17. The number of fused-ring (bicyclic) bond motifs is 2. The number of ether oxygens (including phenoxy) is 1. The molecule has 2 saturated heterocycles. The van der Waals surface area contributed by atoms with Crippen LogP contribution >= 0.6 is 11.3 Å². The summed E-state index contributed by atoms with van der Waals surface area (Å²) < 4.78 is 6.59. The van der Waals surface area contributed by atoms with Gasteiger partial charge in [0, 0.05) is 50.1 Å². The SMILES string of the molecule is C[C@@H]1CN(c2ccc3nc(-c4c(NC5CCOCC5)c5sccc5[nH]c4=O)[nH]c3c2)C[C@H](C)N1C. The Bertz CT molecular complexity index is 1410. The van der Waals surface area contributed by atoms with E-state index in [9.17, 15) is 4.79 Å². The van der Waals surface area contributed by atoms with Crippen molar-refractivity contribution >= 4 is 44.0 Å². The number of anilines is 2. The Morgan fingerprint density at radius 3 is 2.63 bits per heavy atom. The first-order chi connectivity index (χ1) is 17.0. The molecule has 0 aliphatic carbocycles. The van der Waals surface area contributed by atoms with Gasteiger partial charge in [0.05, 0.1) is 26.9 Å². The quantitative estimate of drug-likeness (QED) is 0.395. The number of likely N-dealkylation sites (N-methyl/N-ethyl adjacent to an activating group) is 1. The van der Waals surface area contributed by atoms with E-state index < -0.39 is 0 Å². The molecule has 1 aromatic carbocycles. The Kier molecular flexibility index (Phi) is 5.78. The summed E-state index contributed by atoms with van der Waals surface area (Å²) >= 11 is 1.63. The number of rotatable bonds is 4. The minimum atomic E-state index is -0.133. The number of aromatic amines is 2. The van der Waals surface area contributed by atoms with Gasteiger partial charge in [-0.1, -0.05) is 0 Å². The first-order valence-corrected chi connectivity index (χ1v) is 13.3. The molecule has 0 amide bonds. The number of nitrogens with zero attached hydrogens (tertiary/aromatic N) is 3. The molecule has 6 rings (SSSR count). The third kappa shape index (κ3) is 4.11. The highest BCUT2D eigenvalue weighted by Gasteiger charge is 2.27. The summed E-state index contributed by atoms with van der Waals surface area (Å²) in [5, 5.41) is 5.69. The van der Waals surface area contributed by atoms with Crippen LogP contribution in [0.4, 0.5) is 11.4 Å². The highest BCUT2D eigenvalue weighted by atomic mass is 32.1. The van der Waals surface area contributed by atoms with E-state index in [1.165, 1.54) is 5.69 Å². The molecule has 0 radical (unpaired) electrons. The van der Waals surface area contributed by atoms with Gasteiger partial charge in [0.2, 0.25) is 0 Å². The Labute approximate surface area is 208 Å². The van der Waals surface area contributed by atoms with Crippen LogP contribution in [0.5, 0.6) is 0 Å². The lowest BCUT2D eigenvalue weighted by Gasteiger charge is -2.43. The van der Waals surface area contributed by atoms with Gasteiger partial charge in [-0.2, -0.15) is 0 Å². The fraction of sp³-hybridized carbons (Fsp3) is 0.462. The predicted molar refractivity (Wildman–Crippen MR) is 144 cm³/mol. The fourth-order valence-electron chi connectivity index (χ4n) is 5.35. The van der Waals surface area contributed by atoms with Crippen molar-refractivity contribution in [3.05, 3.63) is 40.0 Å². The summed E-state index contributed by atoms with van der Waals surface area (Å²) in [4.78, 5) is 29.6. The molecule has 2 atom stereocenters. The first kappa shape index (κ1) is 22.6. The average molecular weight is 493 g/mol. The number of imidazole rings is 1. The molecule has 5 heterocycles. The van der Waals surface area contributed by atoms with Gasteiger partial charge in [-0.3, -0.25) is 9.69 Å². The zero-order valence-electron chi connectivity index (χ0n) is 20.4. The van der Waals surface area contributed by atoms with Crippen LogP contribution in [0, 0.1) is 0 Å². The highest BCUT2D eigenvalue weighted by Crippen LogP contribution is 2.35. The van der Waals surface area contributed by atoms with Crippen molar-refractivity contribution in [2.75, 3.05) is 43.6 Å². The molecule has 3 aromatic heterocycles. The molecule has 184 valence electrons. The maximum absolute atomic E-state index is 13.3. The number of piperazine rings is 1. The van der Waals surface area contributed by atoms with E-state index in [0.29, 0.717) is 23.5 Å². The van der Waals surface area contributed by atoms with Gasteiger partial charge < -0.3 is 24.9 Å². The van der Waals surface area contributed by atoms with E-state index in [2.05, 4.69) is 64.2 Å². The molecular formula is C26H32N6O2S. The largest absolute Gasteiger partial charge is 0.381 e. The molecular weight excluding hydrogens is 460 g/mol. The standard InChI is InChI=1S/C26H32N6O2S/c1-15-13-32(14-16(2)31(15)3)18-4-5-19-21(12-18)29-25(28-19)22-23(27-17-6-9-34-10-7-17)24-20(8-11-35-24)30-26(22)33/h4-5,8,11-12,15-17H,6-7,9-10,13-14H2,1-3H3,(H,28,29)(H2,27,30,33)/t15-,16+. The zero-order chi connectivity index (χ0) is 24.1. The summed E-state index contributed by atoms with van der Waals surface area (Å²) in [6, 6.07) is 9.58. The lowest BCUT2D eigenvalue weighted by atomic mass is 10.1. The topological polar surface area (TPSA) is 89.3 Å². The zero-order valence-corrected chi connectivity index (χ0v) is 21.2. The van der Waals surface area contributed by atoms with Crippen LogP contribution < -0.4 is 15.8 Å². The molecule has 9 heteroatoms. The third-order valence-corrected chi connectivity index (χ3v) is 8.55. The number of pyridine rings is 1. The minimum absolute atomic E-state index is 0.133. The lowest BCUT2D eigenvalue weighted by Crippen LogP contribution is -2.55.